The summed E-state index contributed by atoms with van der Waals surface area (Å²) < 4.78 is 65.0. The van der Waals surface area contributed by atoms with Crippen LogP contribution in [-0.4, -0.2) is 64.5 Å². The number of carbonyl (C=O) groups excluding carboxylic acids is 1. The van der Waals surface area contributed by atoms with Crippen LogP contribution in [0.25, 0.3) is 0 Å². The van der Waals surface area contributed by atoms with Crippen LogP contribution in [0.2, 0.25) is 0 Å². The van der Waals surface area contributed by atoms with E-state index in [1.54, 1.807) is 18.9 Å². The van der Waals surface area contributed by atoms with Gasteiger partial charge in [-0.3, -0.25) is 9.89 Å². The van der Waals surface area contributed by atoms with Crippen LogP contribution in [0.5, 0.6) is 0 Å². The van der Waals surface area contributed by atoms with Crippen LogP contribution in [0.15, 0.2) is 11.1 Å². The highest BCUT2D eigenvalue weighted by molar-refractivity contribution is 8.00. The van der Waals surface area contributed by atoms with Gasteiger partial charge in [0.25, 0.3) is 0 Å². The minimum atomic E-state index is -4.89. The zero-order chi connectivity index (χ0) is 18.3. The van der Waals surface area contributed by atoms with Crippen molar-refractivity contribution in [1.82, 2.24) is 19.4 Å². The highest BCUT2D eigenvalue weighted by Gasteiger charge is 2.46. The number of nitrogens with one attached hydrogen (secondary N) is 1. The van der Waals surface area contributed by atoms with Crippen LogP contribution in [-0.2, 0) is 21.0 Å². The number of nitrogens with zero attached hydrogens (tertiary/aromatic N) is 3. The average Bonchev–Trinajstić information content (AvgIpc) is 3.13. The summed E-state index contributed by atoms with van der Waals surface area (Å²) in [7, 11) is -2.98. The Morgan fingerprint density at radius 1 is 1.50 bits per heavy atom. The number of aromatic nitrogens is 2. The largest absolute Gasteiger partial charge is 0.434 e. The van der Waals surface area contributed by atoms with Crippen molar-refractivity contribution in [2.24, 2.45) is 0 Å². The Kier molecular flexibility index (Phi) is 5.21. The quantitative estimate of drug-likeness (QED) is 0.844. The summed E-state index contributed by atoms with van der Waals surface area (Å²) >= 11 is 1.17. The van der Waals surface area contributed by atoms with Crippen molar-refractivity contribution in [2.75, 3.05) is 18.7 Å². The molecule has 1 unspecified atom stereocenters. The number of halogens is 3. The first-order chi connectivity index (χ1) is 11.0. The second-order valence-corrected chi connectivity index (χ2v) is 8.42. The van der Waals surface area contributed by atoms with E-state index in [1.165, 1.54) is 23.7 Å². The zero-order valence-electron chi connectivity index (χ0n) is 13.2. The van der Waals surface area contributed by atoms with E-state index < -0.39 is 38.7 Å². The predicted octanol–water partition coefficient (Wildman–Crippen LogP) is 1.36. The van der Waals surface area contributed by atoms with E-state index in [1.807, 2.05) is 0 Å². The summed E-state index contributed by atoms with van der Waals surface area (Å²) in [5.41, 5.74) is -1.44. The number of aromatic amines is 1. The normalized spacial score (nSPS) is 19.9. The minimum absolute atomic E-state index is 0.0901. The van der Waals surface area contributed by atoms with Crippen LogP contribution in [0.1, 0.15) is 19.5 Å². The van der Waals surface area contributed by atoms with Gasteiger partial charge in [0.2, 0.25) is 15.9 Å². The molecule has 0 bridgehead atoms. The molecule has 0 radical (unpaired) electrons. The number of hydrogen-bond acceptors (Lipinski definition) is 5. The fourth-order valence-corrected chi connectivity index (χ4v) is 5.39. The molecule has 1 N–H and O–H groups in total. The van der Waals surface area contributed by atoms with E-state index in [2.05, 4.69) is 5.10 Å². The third-order valence-electron chi connectivity index (χ3n) is 3.72. The third-order valence-corrected chi connectivity index (χ3v) is 6.77. The second kappa shape index (κ2) is 6.56. The van der Waals surface area contributed by atoms with E-state index in [9.17, 15) is 26.4 Å². The van der Waals surface area contributed by atoms with E-state index >= 15 is 0 Å². The Hall–Kier alpha value is -1.27. The molecule has 0 aromatic carbocycles. The van der Waals surface area contributed by atoms with Crippen molar-refractivity contribution in [2.45, 2.75) is 37.0 Å². The number of thioether (sulfide) groups is 1. The summed E-state index contributed by atoms with van der Waals surface area (Å²) in [5, 5.41) is 4.88. The number of sulfonamides is 1. The van der Waals surface area contributed by atoms with Gasteiger partial charge in [-0.1, -0.05) is 0 Å². The Morgan fingerprint density at radius 3 is 2.67 bits per heavy atom. The van der Waals surface area contributed by atoms with E-state index in [0.29, 0.717) is 6.20 Å². The number of carbonyl (C=O) groups is 1. The van der Waals surface area contributed by atoms with E-state index in [0.717, 1.165) is 4.31 Å². The van der Waals surface area contributed by atoms with Crippen molar-refractivity contribution >= 4 is 27.7 Å². The van der Waals surface area contributed by atoms with Gasteiger partial charge in [0.05, 0.1) is 12.1 Å². The molecule has 2 rings (SSSR count). The molecule has 0 spiro atoms. The number of amides is 1. The summed E-state index contributed by atoms with van der Waals surface area (Å²) in [6, 6.07) is -1.20. The Balaban J connectivity index is 2.39. The molecule has 1 aliphatic heterocycles. The number of likely N-dealkylation sites (N-methyl/N-ethyl adjacent to an activating group) is 1. The lowest BCUT2D eigenvalue weighted by Gasteiger charge is -2.29. The van der Waals surface area contributed by atoms with Crippen molar-refractivity contribution in [3.8, 4) is 0 Å². The monoisotopic (exact) mass is 386 g/mol. The lowest BCUT2D eigenvalue weighted by Crippen LogP contribution is -2.49. The molecule has 1 fully saturated rings. The fraction of sp³-hybridized carbons (Fsp3) is 0.667. The molecular weight excluding hydrogens is 369 g/mol. The first kappa shape index (κ1) is 19.1. The standard InChI is InChI=1S/C12H17F3N4O3S2/c1-7(2)18(3)11(20)8-5-23-6-19(8)24(21,22)9-4-16-17-10(9)12(13,14)15/h4,7-8H,5-6H2,1-3H3,(H,16,17). The minimum Gasteiger partial charge on any atom is -0.342 e. The molecular formula is C12H17F3N4O3S2. The van der Waals surface area contributed by atoms with Gasteiger partial charge >= 0.3 is 6.18 Å². The number of alkyl halides is 3. The molecule has 0 aliphatic carbocycles. The van der Waals surface area contributed by atoms with Crippen LogP contribution < -0.4 is 0 Å². The lowest BCUT2D eigenvalue weighted by molar-refractivity contribution is -0.143. The van der Waals surface area contributed by atoms with E-state index in [4.69, 9.17) is 0 Å². The first-order valence-electron chi connectivity index (χ1n) is 6.94. The molecule has 1 aromatic heterocycles. The van der Waals surface area contributed by atoms with Crippen molar-refractivity contribution in [3.05, 3.63) is 11.9 Å². The molecule has 1 atom stereocenters. The van der Waals surface area contributed by atoms with Gasteiger partial charge < -0.3 is 4.90 Å². The Morgan fingerprint density at radius 2 is 2.12 bits per heavy atom. The van der Waals surface area contributed by atoms with Crippen molar-refractivity contribution < 1.29 is 26.4 Å². The average molecular weight is 386 g/mol. The number of H-pyrrole nitrogens is 1. The Bertz CT molecular complexity index is 717. The number of hydrogen-bond donors (Lipinski definition) is 1. The molecule has 7 nitrogen and oxygen atoms in total. The lowest BCUT2D eigenvalue weighted by atomic mass is 10.2. The molecule has 24 heavy (non-hydrogen) atoms. The summed E-state index contributed by atoms with van der Waals surface area (Å²) in [4.78, 5) is 12.9. The van der Waals surface area contributed by atoms with Gasteiger partial charge in [-0.05, 0) is 13.8 Å². The zero-order valence-corrected chi connectivity index (χ0v) is 14.8. The van der Waals surface area contributed by atoms with Crippen LogP contribution in [0.4, 0.5) is 13.2 Å². The molecule has 1 saturated heterocycles. The topological polar surface area (TPSA) is 86.4 Å². The van der Waals surface area contributed by atoms with Crippen LogP contribution in [0.3, 0.4) is 0 Å². The second-order valence-electron chi connectivity index (χ2n) is 5.56. The molecule has 1 aliphatic rings. The van der Waals surface area contributed by atoms with Gasteiger partial charge in [-0.15, -0.1) is 11.8 Å². The summed E-state index contributed by atoms with van der Waals surface area (Å²) in [6.45, 7) is 3.52. The summed E-state index contributed by atoms with van der Waals surface area (Å²) in [5.74, 6) is -0.350. The van der Waals surface area contributed by atoms with Gasteiger partial charge in [0.15, 0.2) is 5.69 Å². The maximum Gasteiger partial charge on any atom is 0.434 e. The highest BCUT2D eigenvalue weighted by atomic mass is 32.2. The van der Waals surface area contributed by atoms with E-state index in [-0.39, 0.29) is 17.7 Å². The Labute approximate surface area is 141 Å². The first-order valence-corrected chi connectivity index (χ1v) is 9.54. The molecule has 12 heteroatoms. The highest BCUT2D eigenvalue weighted by Crippen LogP contribution is 2.36. The molecule has 136 valence electrons. The maximum absolute atomic E-state index is 13.0. The van der Waals surface area contributed by atoms with Crippen LogP contribution >= 0.6 is 11.8 Å². The third kappa shape index (κ3) is 3.40. The van der Waals surface area contributed by atoms with Crippen LogP contribution in [0, 0.1) is 0 Å². The van der Waals surface area contributed by atoms with Gasteiger partial charge in [-0.25, -0.2) is 8.42 Å². The van der Waals surface area contributed by atoms with Gasteiger partial charge in [0.1, 0.15) is 10.9 Å². The fourth-order valence-electron chi connectivity index (χ4n) is 2.15. The molecule has 1 aromatic rings. The number of rotatable bonds is 4. The SMILES string of the molecule is CC(C)N(C)C(=O)C1CSCN1S(=O)(=O)c1cn[nH]c1C(F)(F)F. The molecule has 0 saturated carbocycles. The van der Waals surface area contributed by atoms with Gasteiger partial charge in [0, 0.05) is 18.8 Å². The predicted molar refractivity (Wildman–Crippen MR) is 81.6 cm³/mol. The smallest absolute Gasteiger partial charge is 0.342 e. The summed E-state index contributed by atoms with van der Waals surface area (Å²) in [6.07, 6.45) is -4.27. The maximum atomic E-state index is 13.0. The van der Waals surface area contributed by atoms with Gasteiger partial charge in [-0.2, -0.15) is 22.6 Å². The van der Waals surface area contributed by atoms with Crippen molar-refractivity contribution in [3.63, 3.8) is 0 Å². The molecule has 2 heterocycles. The van der Waals surface area contributed by atoms with Crippen molar-refractivity contribution in [1.29, 1.82) is 0 Å². The molecule has 1 amide bonds.